The number of para-hydroxylation sites is 2. The molecular formula is C69H72N8O14. The summed E-state index contributed by atoms with van der Waals surface area (Å²) < 4.78 is 15.5. The van der Waals surface area contributed by atoms with E-state index in [9.17, 15) is 54.7 Å². The van der Waals surface area contributed by atoms with Crippen LogP contribution in [0.4, 0.5) is 11.4 Å². The van der Waals surface area contributed by atoms with E-state index in [0.717, 1.165) is 75.1 Å². The molecule has 22 nitrogen and oxygen atoms in total. The first kappa shape index (κ1) is 66.5. The van der Waals surface area contributed by atoms with Crippen molar-refractivity contribution in [2.45, 2.75) is 92.1 Å². The van der Waals surface area contributed by atoms with Crippen LogP contribution in [0.15, 0.2) is 122 Å². The Balaban J connectivity index is 0.000000206. The van der Waals surface area contributed by atoms with Crippen LogP contribution >= 0.6 is 0 Å². The first-order valence-corrected chi connectivity index (χ1v) is 29.6. The molecule has 0 spiro atoms. The molecule has 0 aliphatic carbocycles. The lowest BCUT2D eigenvalue weighted by Crippen LogP contribution is -2.15. The average Bonchev–Trinajstić information content (AvgIpc) is 1.68. The van der Waals surface area contributed by atoms with Crippen molar-refractivity contribution in [3.05, 3.63) is 209 Å². The number of hydrogen-bond donors (Lipinski definition) is 7. The van der Waals surface area contributed by atoms with E-state index < -0.39 is 21.8 Å². The number of nitro groups is 2. The van der Waals surface area contributed by atoms with Crippen LogP contribution in [-0.4, -0.2) is 108 Å². The summed E-state index contributed by atoms with van der Waals surface area (Å²) in [7, 11) is 3.30. The van der Waals surface area contributed by atoms with Gasteiger partial charge in [0, 0.05) is 123 Å². The molecule has 1 aliphatic rings. The summed E-state index contributed by atoms with van der Waals surface area (Å²) >= 11 is 0. The molecule has 0 atom stereocenters. The number of H-pyrrole nitrogens is 3. The number of aromatic amines is 3. The highest BCUT2D eigenvalue weighted by Crippen LogP contribution is 2.40. The summed E-state index contributed by atoms with van der Waals surface area (Å²) in [6.45, 7) is 8.88. The number of aromatic carboxylic acids is 2. The van der Waals surface area contributed by atoms with E-state index in [-0.39, 0.29) is 98.3 Å². The molecule has 0 radical (unpaired) electrons. The summed E-state index contributed by atoms with van der Waals surface area (Å²) in [5, 5.41) is 55.1. The largest absolute Gasteiger partial charge is 0.497 e. The lowest BCUT2D eigenvalue weighted by atomic mass is 9.86. The van der Waals surface area contributed by atoms with E-state index in [1.807, 2.05) is 73.2 Å². The van der Waals surface area contributed by atoms with Gasteiger partial charge in [0.25, 0.3) is 11.4 Å². The van der Waals surface area contributed by atoms with Crippen molar-refractivity contribution in [2.24, 2.45) is 5.73 Å². The number of nitrogens with two attached hydrogens (primary N) is 1. The van der Waals surface area contributed by atoms with Crippen molar-refractivity contribution in [3.63, 3.8) is 0 Å². The molecule has 5 aromatic heterocycles. The van der Waals surface area contributed by atoms with E-state index in [1.54, 1.807) is 46.3 Å². The molecule has 1 aliphatic heterocycles. The third-order valence-corrected chi connectivity index (χ3v) is 15.7. The van der Waals surface area contributed by atoms with Gasteiger partial charge in [0.15, 0.2) is 11.6 Å². The minimum Gasteiger partial charge on any atom is -0.497 e. The van der Waals surface area contributed by atoms with Gasteiger partial charge >= 0.3 is 11.9 Å². The van der Waals surface area contributed by atoms with Gasteiger partial charge < -0.3 is 50.2 Å². The van der Waals surface area contributed by atoms with Crippen LogP contribution in [-0.2, 0) is 30.6 Å². The van der Waals surface area contributed by atoms with Crippen molar-refractivity contribution in [1.29, 1.82) is 0 Å². The zero-order valence-corrected chi connectivity index (χ0v) is 51.4. The molecular weight excluding hydrogens is 1160 g/mol. The molecule has 0 amide bonds. The maximum absolute atomic E-state index is 14.1. The lowest BCUT2D eigenvalue weighted by Gasteiger charge is -2.18. The third-order valence-electron chi connectivity index (χ3n) is 15.7. The number of ether oxygens (including phenoxy) is 3. The number of aliphatic hydroxyl groups is 1. The lowest BCUT2D eigenvalue weighted by molar-refractivity contribution is -0.384. The SMILES string of the molecule is C1CCOC1.COc1ccc2[nH]cc(CCCC(=O)c3c(C)nc(C)c(C(=O)CCCc4c[nH]c5ccc(CO)cc45)c3-c3ccccc3[N+](=O)[O-])c2c1.COc1ccc2[nH]cc(CCN)c2c1.Cc1nc(C)c(C(=O)O)c(-c2ccccc2[N+](=O)[O-])c1C(=O)O. The summed E-state index contributed by atoms with van der Waals surface area (Å²) in [4.78, 5) is 92.0. The third kappa shape index (κ3) is 15.5. The second-order valence-electron chi connectivity index (χ2n) is 21.7. The van der Waals surface area contributed by atoms with Crippen LogP contribution < -0.4 is 15.2 Å². The number of fused-ring (bicyclic) bond motifs is 3. The number of aliphatic hydroxyl groups excluding tert-OH is 1. The number of carboxylic acid groups (broad SMARTS) is 2. The number of carboxylic acids is 2. The number of aromatic nitrogens is 5. The van der Waals surface area contributed by atoms with E-state index in [2.05, 4.69) is 24.9 Å². The summed E-state index contributed by atoms with van der Waals surface area (Å²) in [6.07, 6.45) is 11.9. The van der Waals surface area contributed by atoms with Crippen LogP contribution in [0.3, 0.4) is 0 Å². The highest BCUT2D eigenvalue weighted by atomic mass is 16.6. The van der Waals surface area contributed by atoms with Crippen LogP contribution in [0.5, 0.6) is 11.5 Å². The molecule has 11 rings (SSSR count). The number of methoxy groups -OCH3 is 2. The molecule has 0 bridgehead atoms. The van der Waals surface area contributed by atoms with E-state index in [1.165, 1.54) is 68.0 Å². The number of carbonyl (C=O) groups is 4. The molecule has 1 fully saturated rings. The van der Waals surface area contributed by atoms with Gasteiger partial charge in [-0.2, -0.15) is 0 Å². The monoisotopic (exact) mass is 1240 g/mol. The molecule has 6 heterocycles. The van der Waals surface area contributed by atoms with Crippen LogP contribution in [0.25, 0.3) is 55.0 Å². The molecule has 5 aromatic carbocycles. The van der Waals surface area contributed by atoms with Crippen LogP contribution in [0, 0.1) is 47.9 Å². The van der Waals surface area contributed by atoms with Gasteiger partial charge in [-0.15, -0.1) is 0 Å². The molecule has 0 unspecified atom stereocenters. The predicted octanol–water partition coefficient (Wildman–Crippen LogP) is 13.3. The maximum atomic E-state index is 14.1. The standard InChI is InChI=1S/C39H38N4O6.C15H12N2O6.C11H14N2O.C4H8O/c1-23-37(35(45)12-6-8-26-20-40-32-16-14-25(22-44)18-30(26)32)39(29-10-4-5-11-34(29)43(47)48)38(24(2)42-23)36(46)13-7-9-27-21-41-33-17-15-28(49-3)19-31(27)33;1-7-11(14(18)19)13(12(15(20)21)8(2)16-7)9-5-3-4-6-10(9)17(22)23;1-14-9-2-3-11-10(6-9)8(4-5-12)7-13-11;1-2-4-5-3-1/h4-5,10-11,14-21,40-41,44H,6-9,12-13,22H2,1-3H3;3-6H,1-2H3,(H,18,19)(H,20,21);2-3,6-7,13H,4-5,12H2,1H3;1-4H2. The smallest absolute Gasteiger partial charge is 0.338 e. The normalized spacial score (nSPS) is 11.7. The fourth-order valence-corrected chi connectivity index (χ4v) is 11.4. The van der Waals surface area contributed by atoms with Gasteiger partial charge in [-0.1, -0.05) is 30.3 Å². The Bertz CT molecular complexity index is 4160. The van der Waals surface area contributed by atoms with E-state index >= 15 is 0 Å². The topological polar surface area (TPSA) is 342 Å². The molecule has 10 aromatic rings. The van der Waals surface area contributed by atoms with Gasteiger partial charge in [0.2, 0.25) is 0 Å². The minimum absolute atomic E-state index is 0.0630. The Morgan fingerprint density at radius 1 is 0.560 bits per heavy atom. The van der Waals surface area contributed by atoms with Crippen LogP contribution in [0.2, 0.25) is 0 Å². The number of Topliss-reactive ketones (excluding diaryl/α,β-unsaturated/α-hetero) is 2. The van der Waals surface area contributed by atoms with Gasteiger partial charge in [-0.05, 0) is 162 Å². The van der Waals surface area contributed by atoms with Crippen molar-refractivity contribution >= 4 is 67.6 Å². The molecule has 22 heteroatoms. The zero-order valence-electron chi connectivity index (χ0n) is 51.4. The van der Waals surface area contributed by atoms with Crippen molar-refractivity contribution in [2.75, 3.05) is 34.0 Å². The second kappa shape index (κ2) is 30.7. The number of nitrogens with one attached hydrogen (secondary N) is 3. The molecule has 1 saturated heterocycles. The molecule has 8 N–H and O–H groups in total. The highest BCUT2D eigenvalue weighted by molar-refractivity contribution is 6.12. The number of benzene rings is 5. The summed E-state index contributed by atoms with van der Waals surface area (Å²) in [6, 6.07) is 29.2. The predicted molar refractivity (Wildman–Crippen MR) is 347 cm³/mol. The molecule has 472 valence electrons. The second-order valence-corrected chi connectivity index (χ2v) is 21.7. The molecule has 91 heavy (non-hydrogen) atoms. The Morgan fingerprint density at radius 2 is 0.945 bits per heavy atom. The quantitative estimate of drug-likeness (QED) is 0.0200. The average molecular weight is 1240 g/mol. The fraction of sp³-hybridized carbons (Fsp3) is 0.275. The number of pyridine rings is 2. The fourth-order valence-electron chi connectivity index (χ4n) is 11.4. The molecule has 0 saturated carbocycles. The maximum Gasteiger partial charge on any atom is 0.338 e. The van der Waals surface area contributed by atoms with Gasteiger partial charge in [0.1, 0.15) is 11.5 Å². The Labute approximate surface area is 523 Å². The van der Waals surface area contributed by atoms with E-state index in [0.29, 0.717) is 43.6 Å². The van der Waals surface area contributed by atoms with Crippen LogP contribution in [0.1, 0.15) is 125 Å². The summed E-state index contributed by atoms with van der Waals surface area (Å²) in [5.74, 6) is -1.61. The zero-order chi connectivity index (χ0) is 65.5. The number of nitrogens with zero attached hydrogens (tertiary/aromatic N) is 4. The van der Waals surface area contributed by atoms with Gasteiger partial charge in [-0.3, -0.25) is 39.8 Å². The van der Waals surface area contributed by atoms with Crippen molar-refractivity contribution in [3.8, 4) is 33.8 Å². The Hall–Kier alpha value is -10.4. The number of nitro benzene ring substituents is 2. The summed E-state index contributed by atoms with van der Waals surface area (Å²) in [5.41, 5.74) is 13.2. The van der Waals surface area contributed by atoms with E-state index in [4.69, 9.17) is 19.9 Å². The number of ketones is 2. The number of rotatable bonds is 21. The first-order valence-electron chi connectivity index (χ1n) is 29.6. The minimum atomic E-state index is -1.40. The number of hydrogen-bond acceptors (Lipinski definition) is 15. The Kier molecular flexibility index (Phi) is 22.4. The number of carbonyl (C=O) groups excluding carboxylic acids is 2. The Morgan fingerprint density at radius 3 is 1.32 bits per heavy atom. The van der Waals surface area contributed by atoms with Gasteiger partial charge in [0.05, 0.1) is 64.3 Å². The number of aryl methyl sites for hydroxylation is 6. The van der Waals surface area contributed by atoms with Crippen molar-refractivity contribution in [1.82, 2.24) is 24.9 Å². The van der Waals surface area contributed by atoms with Crippen molar-refractivity contribution < 1.29 is 58.6 Å². The highest BCUT2D eigenvalue weighted by Gasteiger charge is 2.32. The first-order chi connectivity index (χ1) is 43.8. The van der Waals surface area contributed by atoms with Gasteiger partial charge in [-0.25, -0.2) is 9.59 Å².